The van der Waals surface area contributed by atoms with Crippen LogP contribution in [-0.4, -0.2) is 24.7 Å². The molecule has 0 aliphatic carbocycles. The summed E-state index contributed by atoms with van der Waals surface area (Å²) >= 11 is 0. The molecule has 0 aromatic heterocycles. The van der Waals surface area contributed by atoms with E-state index in [0.29, 0.717) is 13.1 Å². The van der Waals surface area contributed by atoms with Crippen LogP contribution in [0, 0.1) is 26.7 Å². The molecule has 0 saturated carbocycles. The number of hydrogen-bond donors (Lipinski definition) is 2. The van der Waals surface area contributed by atoms with Crippen LogP contribution in [0.15, 0.2) is 6.07 Å². The molecule has 1 aromatic carbocycles. The molecule has 0 aliphatic rings. The summed E-state index contributed by atoms with van der Waals surface area (Å²) in [5, 5.41) is 12.0. The summed E-state index contributed by atoms with van der Waals surface area (Å²) in [5.41, 5.74) is 4.63. The molecule has 1 atom stereocenters. The van der Waals surface area contributed by atoms with Crippen LogP contribution in [-0.2, 0) is 11.3 Å². The normalized spacial score (nSPS) is 12.3. The van der Waals surface area contributed by atoms with Gasteiger partial charge in [0.05, 0.1) is 13.0 Å². The third-order valence-corrected chi connectivity index (χ3v) is 3.53. The van der Waals surface area contributed by atoms with Crippen LogP contribution < -0.4 is 10.1 Å². The first-order chi connectivity index (χ1) is 8.88. The van der Waals surface area contributed by atoms with Gasteiger partial charge in [-0.2, -0.15) is 0 Å². The fourth-order valence-electron chi connectivity index (χ4n) is 2.15. The standard InChI is InChI=1S/C15H23NO3/c1-9-6-13(8-16-7-10(2)15(17)18)11(3)12(4)14(9)19-5/h6,10,16H,7-8H2,1-5H3,(H,17,18). The number of nitrogens with one attached hydrogen (secondary N) is 1. The van der Waals surface area contributed by atoms with Crippen molar-refractivity contribution in [3.8, 4) is 5.75 Å². The summed E-state index contributed by atoms with van der Waals surface area (Å²) < 4.78 is 5.39. The van der Waals surface area contributed by atoms with Crippen molar-refractivity contribution in [1.82, 2.24) is 5.32 Å². The highest BCUT2D eigenvalue weighted by molar-refractivity contribution is 5.69. The van der Waals surface area contributed by atoms with Gasteiger partial charge in [-0.1, -0.05) is 13.0 Å². The zero-order valence-electron chi connectivity index (χ0n) is 12.3. The van der Waals surface area contributed by atoms with E-state index < -0.39 is 5.97 Å². The molecule has 0 fully saturated rings. The summed E-state index contributed by atoms with van der Waals surface area (Å²) in [4.78, 5) is 10.7. The maximum atomic E-state index is 10.7. The number of aryl methyl sites for hydroxylation is 1. The van der Waals surface area contributed by atoms with Gasteiger partial charge in [0.2, 0.25) is 0 Å². The maximum Gasteiger partial charge on any atom is 0.307 e. The Bertz CT molecular complexity index is 469. The Morgan fingerprint density at radius 1 is 1.37 bits per heavy atom. The molecule has 0 heterocycles. The molecule has 1 unspecified atom stereocenters. The van der Waals surface area contributed by atoms with Gasteiger partial charge in [0.1, 0.15) is 5.75 Å². The van der Waals surface area contributed by atoms with Gasteiger partial charge < -0.3 is 15.2 Å². The largest absolute Gasteiger partial charge is 0.496 e. The minimum absolute atomic E-state index is 0.374. The molecule has 1 rings (SSSR count). The molecule has 1 aromatic rings. The smallest absolute Gasteiger partial charge is 0.307 e. The fourth-order valence-corrected chi connectivity index (χ4v) is 2.15. The first-order valence-corrected chi connectivity index (χ1v) is 6.45. The van der Waals surface area contributed by atoms with Gasteiger partial charge in [-0.05, 0) is 43.0 Å². The van der Waals surface area contributed by atoms with Gasteiger partial charge >= 0.3 is 5.97 Å². The molecule has 0 amide bonds. The molecular formula is C15H23NO3. The summed E-state index contributed by atoms with van der Waals surface area (Å²) in [6.07, 6.45) is 0. The van der Waals surface area contributed by atoms with Gasteiger partial charge in [0, 0.05) is 13.1 Å². The van der Waals surface area contributed by atoms with Crippen molar-refractivity contribution in [2.24, 2.45) is 5.92 Å². The van der Waals surface area contributed by atoms with Crippen molar-refractivity contribution < 1.29 is 14.6 Å². The Balaban J connectivity index is 2.77. The Morgan fingerprint density at radius 2 is 2.00 bits per heavy atom. The molecule has 0 aliphatic heterocycles. The highest BCUT2D eigenvalue weighted by atomic mass is 16.5. The monoisotopic (exact) mass is 265 g/mol. The van der Waals surface area contributed by atoms with Crippen molar-refractivity contribution >= 4 is 5.97 Å². The van der Waals surface area contributed by atoms with Crippen molar-refractivity contribution in [2.45, 2.75) is 34.2 Å². The quantitative estimate of drug-likeness (QED) is 0.829. The van der Waals surface area contributed by atoms with E-state index in [4.69, 9.17) is 9.84 Å². The second-order valence-corrected chi connectivity index (χ2v) is 5.01. The van der Waals surface area contributed by atoms with Crippen LogP contribution in [0.1, 0.15) is 29.2 Å². The maximum absolute atomic E-state index is 10.7. The van der Waals surface area contributed by atoms with E-state index in [1.165, 1.54) is 11.1 Å². The minimum Gasteiger partial charge on any atom is -0.496 e. The SMILES string of the molecule is COc1c(C)cc(CNCC(C)C(=O)O)c(C)c1C. The van der Waals surface area contributed by atoms with E-state index >= 15 is 0 Å². The van der Waals surface area contributed by atoms with Crippen molar-refractivity contribution in [3.63, 3.8) is 0 Å². The molecule has 0 spiro atoms. The van der Waals surface area contributed by atoms with Crippen molar-refractivity contribution in [1.29, 1.82) is 0 Å². The second kappa shape index (κ2) is 6.57. The number of carboxylic acid groups (broad SMARTS) is 1. The highest BCUT2D eigenvalue weighted by Crippen LogP contribution is 2.28. The number of carbonyl (C=O) groups is 1. The van der Waals surface area contributed by atoms with Crippen molar-refractivity contribution in [2.75, 3.05) is 13.7 Å². The predicted octanol–water partition coefficient (Wildman–Crippen LogP) is 2.43. The molecule has 0 radical (unpaired) electrons. The molecule has 4 nitrogen and oxygen atoms in total. The number of hydrogen-bond acceptors (Lipinski definition) is 3. The Morgan fingerprint density at radius 3 is 2.53 bits per heavy atom. The van der Waals surface area contributed by atoms with E-state index in [2.05, 4.69) is 18.3 Å². The summed E-state index contributed by atoms with van der Waals surface area (Å²) in [5.74, 6) is -0.216. The van der Waals surface area contributed by atoms with E-state index in [1.807, 2.05) is 13.8 Å². The zero-order chi connectivity index (χ0) is 14.6. The van der Waals surface area contributed by atoms with Gasteiger partial charge in [0.15, 0.2) is 0 Å². The first-order valence-electron chi connectivity index (χ1n) is 6.45. The average Bonchev–Trinajstić information content (AvgIpc) is 2.35. The Hall–Kier alpha value is -1.55. The lowest BCUT2D eigenvalue weighted by atomic mass is 9.98. The average molecular weight is 265 g/mol. The predicted molar refractivity (Wildman–Crippen MR) is 75.7 cm³/mol. The highest BCUT2D eigenvalue weighted by Gasteiger charge is 2.12. The first kappa shape index (κ1) is 15.5. The zero-order valence-corrected chi connectivity index (χ0v) is 12.3. The lowest BCUT2D eigenvalue weighted by Crippen LogP contribution is -2.26. The molecular weight excluding hydrogens is 242 g/mol. The van der Waals surface area contributed by atoms with Crippen LogP contribution in [0.25, 0.3) is 0 Å². The number of ether oxygens (including phenoxy) is 1. The molecule has 106 valence electrons. The summed E-state index contributed by atoms with van der Waals surface area (Å²) in [6.45, 7) is 8.98. The van der Waals surface area contributed by atoms with Crippen LogP contribution in [0.5, 0.6) is 5.75 Å². The molecule has 4 heteroatoms. The van der Waals surface area contributed by atoms with Crippen molar-refractivity contribution in [3.05, 3.63) is 28.3 Å². The van der Waals surface area contributed by atoms with Crippen LogP contribution >= 0.6 is 0 Å². The molecule has 2 N–H and O–H groups in total. The summed E-state index contributed by atoms with van der Waals surface area (Å²) in [7, 11) is 1.68. The minimum atomic E-state index is -0.772. The van der Waals surface area contributed by atoms with Gasteiger partial charge in [0.25, 0.3) is 0 Å². The lowest BCUT2D eigenvalue weighted by Gasteiger charge is -2.16. The second-order valence-electron chi connectivity index (χ2n) is 5.01. The summed E-state index contributed by atoms with van der Waals surface area (Å²) in [6, 6.07) is 2.10. The number of aliphatic carboxylic acids is 1. The number of methoxy groups -OCH3 is 1. The number of carboxylic acids is 1. The van der Waals surface area contributed by atoms with Crippen LogP contribution in [0.3, 0.4) is 0 Å². The third kappa shape index (κ3) is 3.70. The van der Waals surface area contributed by atoms with E-state index in [0.717, 1.165) is 16.9 Å². The molecule has 0 bridgehead atoms. The Kier molecular flexibility index (Phi) is 5.36. The lowest BCUT2D eigenvalue weighted by molar-refractivity contribution is -0.140. The van der Waals surface area contributed by atoms with Crippen LogP contribution in [0.4, 0.5) is 0 Å². The number of rotatable bonds is 6. The van der Waals surface area contributed by atoms with Gasteiger partial charge in [-0.3, -0.25) is 4.79 Å². The van der Waals surface area contributed by atoms with E-state index in [9.17, 15) is 4.79 Å². The fraction of sp³-hybridized carbons (Fsp3) is 0.533. The van der Waals surface area contributed by atoms with E-state index in [1.54, 1.807) is 14.0 Å². The Labute approximate surface area is 114 Å². The third-order valence-electron chi connectivity index (χ3n) is 3.53. The molecule has 0 saturated heterocycles. The van der Waals surface area contributed by atoms with E-state index in [-0.39, 0.29) is 5.92 Å². The molecule has 19 heavy (non-hydrogen) atoms. The van der Waals surface area contributed by atoms with Crippen LogP contribution in [0.2, 0.25) is 0 Å². The van der Waals surface area contributed by atoms with Gasteiger partial charge in [-0.25, -0.2) is 0 Å². The number of benzene rings is 1. The topological polar surface area (TPSA) is 58.6 Å². The van der Waals surface area contributed by atoms with Gasteiger partial charge in [-0.15, -0.1) is 0 Å².